The van der Waals surface area contributed by atoms with E-state index in [0.717, 1.165) is 16.8 Å². The fraction of sp³-hybridized carbons (Fsp3) is 0.467. The molecule has 105 valence electrons. The van der Waals surface area contributed by atoms with E-state index in [2.05, 4.69) is 30.2 Å². The number of carbonyl (C=O) groups excluding carboxylic acids is 1. The molecule has 1 rings (SSSR count). The summed E-state index contributed by atoms with van der Waals surface area (Å²) >= 11 is 0. The molecule has 3 nitrogen and oxygen atoms in total. The molecule has 1 N–H and O–H groups in total. The first-order valence-corrected chi connectivity index (χ1v) is 9.47. The quantitative estimate of drug-likeness (QED) is 0.635. The van der Waals surface area contributed by atoms with Crippen LogP contribution in [-0.4, -0.2) is 31.6 Å². The molecule has 0 aromatic heterocycles. The van der Waals surface area contributed by atoms with E-state index in [1.165, 1.54) is 0 Å². The molecule has 0 saturated heterocycles. The normalized spacial score (nSPS) is 12.1. The zero-order valence-electron chi connectivity index (χ0n) is 13.1. The number of anilines is 1. The van der Waals surface area contributed by atoms with Crippen molar-refractivity contribution in [3.63, 3.8) is 0 Å². The predicted molar refractivity (Wildman–Crippen MR) is 85.0 cm³/mol. The average Bonchev–Trinajstić information content (AvgIpc) is 2.30. The third-order valence-electron chi connectivity index (χ3n) is 3.44. The van der Waals surface area contributed by atoms with Crippen molar-refractivity contribution in [3.8, 4) is 0 Å². The summed E-state index contributed by atoms with van der Waals surface area (Å²) in [5.41, 5.74) is 3.38. The van der Waals surface area contributed by atoms with Crippen LogP contribution in [0.25, 0.3) is 4.85 Å². The standard InChI is InChI=1S/C15H21N2OP.Y/c1-10-8-13(16-4)9-11(2)14(10)17-15(18)12(3)19(5,6)7;/h8-9,12H,1-3,5-7H3;/p+1. The Morgan fingerprint density at radius 1 is 1.25 bits per heavy atom. The van der Waals surface area contributed by atoms with Gasteiger partial charge < -0.3 is 5.32 Å². The van der Waals surface area contributed by atoms with Crippen LogP contribution >= 0.6 is 7.26 Å². The van der Waals surface area contributed by atoms with E-state index in [4.69, 9.17) is 6.57 Å². The van der Waals surface area contributed by atoms with Gasteiger partial charge >= 0.3 is 0 Å². The number of amides is 1. The number of carbonyl (C=O) groups is 1. The van der Waals surface area contributed by atoms with Crippen molar-refractivity contribution >= 4 is 24.5 Å². The number of hydrogen-bond acceptors (Lipinski definition) is 1. The maximum atomic E-state index is 12.3. The van der Waals surface area contributed by atoms with E-state index >= 15 is 0 Å². The van der Waals surface area contributed by atoms with Crippen molar-refractivity contribution in [1.29, 1.82) is 0 Å². The summed E-state index contributed by atoms with van der Waals surface area (Å²) in [4.78, 5) is 15.7. The topological polar surface area (TPSA) is 33.5 Å². The van der Waals surface area contributed by atoms with Gasteiger partial charge in [-0.2, -0.15) is 0 Å². The van der Waals surface area contributed by atoms with Crippen LogP contribution < -0.4 is 5.32 Å². The fourth-order valence-corrected chi connectivity index (χ4v) is 2.55. The molecule has 1 amide bonds. The molecule has 5 heteroatoms. The average molecular weight is 366 g/mol. The molecule has 0 heterocycles. The Kier molecular flexibility index (Phi) is 7.54. The number of hydrogen-bond donors (Lipinski definition) is 1. The van der Waals surface area contributed by atoms with Crippen LogP contribution in [0.15, 0.2) is 12.1 Å². The molecular formula is C15H22N2OPY+. The minimum Gasteiger partial charge on any atom is -0.322 e. The van der Waals surface area contributed by atoms with Gasteiger partial charge in [-0.1, -0.05) is 12.1 Å². The Bertz CT molecular complexity index is 521. The van der Waals surface area contributed by atoms with Crippen molar-refractivity contribution < 1.29 is 37.5 Å². The van der Waals surface area contributed by atoms with Crippen LogP contribution in [0.1, 0.15) is 18.1 Å². The van der Waals surface area contributed by atoms with Crippen LogP contribution in [0.2, 0.25) is 0 Å². The second-order valence-electron chi connectivity index (χ2n) is 5.85. The van der Waals surface area contributed by atoms with Gasteiger partial charge in [0.05, 0.1) is 6.57 Å². The zero-order valence-corrected chi connectivity index (χ0v) is 16.8. The minimum atomic E-state index is -1.21. The van der Waals surface area contributed by atoms with E-state index in [1.54, 1.807) is 0 Å². The van der Waals surface area contributed by atoms with Crippen LogP contribution in [0.5, 0.6) is 0 Å². The summed E-state index contributed by atoms with van der Waals surface area (Å²) in [5, 5.41) is 3.02. The molecule has 20 heavy (non-hydrogen) atoms. The van der Waals surface area contributed by atoms with Crippen LogP contribution in [-0.2, 0) is 37.5 Å². The third kappa shape index (κ3) is 4.92. The molecule has 0 aliphatic heterocycles. The molecule has 0 fully saturated rings. The fourth-order valence-electron chi connectivity index (χ4n) is 1.78. The Labute approximate surface area is 147 Å². The van der Waals surface area contributed by atoms with Gasteiger partial charge in [0.1, 0.15) is 5.66 Å². The van der Waals surface area contributed by atoms with Crippen molar-refractivity contribution in [2.45, 2.75) is 26.4 Å². The van der Waals surface area contributed by atoms with Crippen LogP contribution in [0, 0.1) is 20.4 Å². The number of rotatable bonds is 3. The van der Waals surface area contributed by atoms with E-state index in [9.17, 15) is 4.79 Å². The van der Waals surface area contributed by atoms with Gasteiger partial charge in [0, 0.05) is 65.7 Å². The van der Waals surface area contributed by atoms with E-state index in [0.29, 0.717) is 5.69 Å². The van der Waals surface area contributed by atoms with Gasteiger partial charge in [0.15, 0.2) is 5.69 Å². The number of aryl methyl sites for hydroxylation is 2. The Balaban J connectivity index is 0.00000361. The molecule has 1 radical (unpaired) electrons. The van der Waals surface area contributed by atoms with Gasteiger partial charge in [0.2, 0.25) is 0 Å². The Morgan fingerprint density at radius 3 is 2.05 bits per heavy atom. The number of nitrogens with one attached hydrogen (secondary N) is 1. The molecule has 0 aliphatic rings. The maximum Gasteiger partial charge on any atom is 0.264 e. The second-order valence-corrected chi connectivity index (χ2v) is 10.9. The third-order valence-corrected chi connectivity index (χ3v) is 5.99. The first-order valence-electron chi connectivity index (χ1n) is 6.27. The van der Waals surface area contributed by atoms with Gasteiger partial charge in [0.25, 0.3) is 5.91 Å². The molecule has 0 spiro atoms. The first-order chi connectivity index (χ1) is 8.66. The number of nitrogens with zero attached hydrogens (tertiary/aromatic N) is 1. The SMILES string of the molecule is [C-]#[N+]c1cc(C)c(NC(=O)C(C)[P+](C)(C)C)c(C)c1.[Y]. The molecule has 1 unspecified atom stereocenters. The molecular weight excluding hydrogens is 344 g/mol. The molecule has 0 aliphatic carbocycles. The van der Waals surface area contributed by atoms with Crippen molar-refractivity contribution in [3.05, 3.63) is 34.7 Å². The molecule has 0 bridgehead atoms. The summed E-state index contributed by atoms with van der Waals surface area (Å²) in [5.74, 6) is 0.0718. The van der Waals surface area contributed by atoms with Crippen LogP contribution in [0.3, 0.4) is 0 Å². The summed E-state index contributed by atoms with van der Waals surface area (Å²) in [7, 11) is -1.21. The maximum absolute atomic E-state index is 12.3. The zero-order chi connectivity index (χ0) is 14.8. The van der Waals surface area contributed by atoms with E-state index < -0.39 is 7.26 Å². The molecule has 1 aromatic carbocycles. The molecule has 1 aromatic rings. The Morgan fingerprint density at radius 2 is 1.70 bits per heavy atom. The van der Waals surface area contributed by atoms with Crippen molar-refractivity contribution in [2.75, 3.05) is 25.3 Å². The summed E-state index contributed by atoms with van der Waals surface area (Å²) in [6.07, 6.45) is 0. The second kappa shape index (κ2) is 7.65. The van der Waals surface area contributed by atoms with E-state index in [-0.39, 0.29) is 44.3 Å². The summed E-state index contributed by atoms with van der Waals surface area (Å²) in [6, 6.07) is 3.62. The smallest absolute Gasteiger partial charge is 0.264 e. The Hall–Kier alpha value is -0.286. The van der Waals surface area contributed by atoms with Crippen molar-refractivity contribution in [1.82, 2.24) is 0 Å². The van der Waals surface area contributed by atoms with Gasteiger partial charge in [-0.3, -0.25) is 4.79 Å². The summed E-state index contributed by atoms with van der Waals surface area (Å²) in [6.45, 7) is 19.4. The van der Waals surface area contributed by atoms with Gasteiger partial charge in [-0.15, -0.1) is 0 Å². The van der Waals surface area contributed by atoms with Crippen molar-refractivity contribution in [2.24, 2.45) is 0 Å². The summed E-state index contributed by atoms with van der Waals surface area (Å²) < 4.78 is 0. The monoisotopic (exact) mass is 366 g/mol. The largest absolute Gasteiger partial charge is 0.322 e. The number of benzene rings is 1. The molecule has 0 saturated carbocycles. The van der Waals surface area contributed by atoms with Crippen LogP contribution in [0.4, 0.5) is 11.4 Å². The van der Waals surface area contributed by atoms with Gasteiger partial charge in [-0.25, -0.2) is 4.85 Å². The predicted octanol–water partition coefficient (Wildman–Crippen LogP) is 4.09. The van der Waals surface area contributed by atoms with Gasteiger partial charge in [-0.05, 0) is 31.9 Å². The molecule has 1 atom stereocenters. The first kappa shape index (κ1) is 19.7. The van der Waals surface area contributed by atoms with E-state index in [1.807, 2.05) is 32.9 Å². The minimum absolute atomic E-state index is 0.